The molecule has 0 aromatic rings. The molecule has 1 saturated carbocycles. The lowest BCUT2D eigenvalue weighted by atomic mass is 9.84. The fraction of sp³-hybridized carbons (Fsp3) is 1.00. The maximum Gasteiger partial charge on any atom is 0.260 e. The summed E-state index contributed by atoms with van der Waals surface area (Å²) in [7, 11) is 0. The maximum absolute atomic E-state index is 13.2. The Morgan fingerprint density at radius 2 is 1.74 bits per heavy atom. The van der Waals surface area contributed by atoms with E-state index in [1.54, 1.807) is 0 Å². The Balaban J connectivity index is 0.00000162. The second-order valence-electron chi connectivity index (χ2n) is 5.81. The lowest BCUT2D eigenvalue weighted by Crippen LogP contribution is -2.43. The Bertz CT molecular complexity index is 247. The molecular formula is C13H26Cl2F2N2. The van der Waals surface area contributed by atoms with E-state index in [-0.39, 0.29) is 37.8 Å². The van der Waals surface area contributed by atoms with Crippen LogP contribution in [-0.2, 0) is 0 Å². The molecule has 1 saturated heterocycles. The molecule has 0 spiro atoms. The van der Waals surface area contributed by atoms with E-state index in [2.05, 4.69) is 0 Å². The molecular weight excluding hydrogens is 293 g/mol. The topological polar surface area (TPSA) is 29.3 Å². The fourth-order valence-corrected chi connectivity index (χ4v) is 3.08. The highest BCUT2D eigenvalue weighted by atomic mass is 35.5. The standard InChI is InChI=1S/C13H24F2N2.2ClH/c14-13(15)7-1-8-17(10-13)9-6-11-2-4-12(16)5-3-11;;/h11-12H,1-10,16H2;2*1H. The summed E-state index contributed by atoms with van der Waals surface area (Å²) < 4.78 is 26.4. The Morgan fingerprint density at radius 3 is 2.32 bits per heavy atom. The molecule has 116 valence electrons. The molecule has 19 heavy (non-hydrogen) atoms. The van der Waals surface area contributed by atoms with Crippen molar-refractivity contribution in [1.29, 1.82) is 0 Å². The van der Waals surface area contributed by atoms with Crippen LogP contribution in [0.25, 0.3) is 0 Å². The number of alkyl halides is 2. The number of likely N-dealkylation sites (tertiary alicyclic amines) is 1. The van der Waals surface area contributed by atoms with Crippen LogP contribution in [0.1, 0.15) is 44.9 Å². The van der Waals surface area contributed by atoms with E-state index in [1.807, 2.05) is 4.90 Å². The first kappa shape index (κ1) is 19.4. The predicted octanol–water partition coefficient (Wildman–Crippen LogP) is 3.47. The average Bonchev–Trinajstić information content (AvgIpc) is 2.27. The van der Waals surface area contributed by atoms with Crippen LogP contribution >= 0.6 is 24.8 Å². The first-order valence-corrected chi connectivity index (χ1v) is 6.91. The van der Waals surface area contributed by atoms with Gasteiger partial charge in [0.25, 0.3) is 5.92 Å². The van der Waals surface area contributed by atoms with E-state index in [9.17, 15) is 8.78 Å². The molecule has 1 aliphatic carbocycles. The SMILES string of the molecule is Cl.Cl.NC1CCC(CCN2CCCC(F)(F)C2)CC1. The molecule has 0 unspecified atom stereocenters. The van der Waals surface area contributed by atoms with Crippen LogP contribution in [0, 0.1) is 5.92 Å². The molecule has 0 atom stereocenters. The van der Waals surface area contributed by atoms with E-state index >= 15 is 0 Å². The zero-order valence-electron chi connectivity index (χ0n) is 11.3. The van der Waals surface area contributed by atoms with E-state index in [4.69, 9.17) is 5.73 Å². The van der Waals surface area contributed by atoms with Gasteiger partial charge < -0.3 is 5.73 Å². The zero-order chi connectivity index (χ0) is 12.3. The van der Waals surface area contributed by atoms with E-state index in [0.29, 0.717) is 18.4 Å². The highest BCUT2D eigenvalue weighted by Crippen LogP contribution is 2.29. The van der Waals surface area contributed by atoms with Gasteiger partial charge in [-0.25, -0.2) is 8.78 Å². The molecule has 0 aromatic carbocycles. The molecule has 2 N–H and O–H groups in total. The van der Waals surface area contributed by atoms with Crippen LogP contribution in [0.15, 0.2) is 0 Å². The zero-order valence-corrected chi connectivity index (χ0v) is 13.0. The Hall–Kier alpha value is 0.360. The molecule has 0 amide bonds. The largest absolute Gasteiger partial charge is 0.328 e. The third-order valence-electron chi connectivity index (χ3n) is 4.22. The van der Waals surface area contributed by atoms with Crippen molar-refractivity contribution in [2.24, 2.45) is 11.7 Å². The van der Waals surface area contributed by atoms with Crippen molar-refractivity contribution in [3.8, 4) is 0 Å². The molecule has 0 aromatic heterocycles. The van der Waals surface area contributed by atoms with Crippen molar-refractivity contribution in [3.63, 3.8) is 0 Å². The van der Waals surface area contributed by atoms with Crippen molar-refractivity contribution < 1.29 is 8.78 Å². The molecule has 2 fully saturated rings. The lowest BCUT2D eigenvalue weighted by molar-refractivity contribution is -0.0650. The third kappa shape index (κ3) is 6.56. The second kappa shape index (κ2) is 8.60. The van der Waals surface area contributed by atoms with Crippen molar-refractivity contribution in [3.05, 3.63) is 0 Å². The summed E-state index contributed by atoms with van der Waals surface area (Å²) in [6.45, 7) is 1.66. The van der Waals surface area contributed by atoms with Gasteiger partial charge in [0.05, 0.1) is 6.54 Å². The van der Waals surface area contributed by atoms with Crippen LogP contribution in [0.3, 0.4) is 0 Å². The number of hydrogen-bond donors (Lipinski definition) is 1. The maximum atomic E-state index is 13.2. The second-order valence-corrected chi connectivity index (χ2v) is 5.81. The van der Waals surface area contributed by atoms with Crippen LogP contribution in [0.4, 0.5) is 8.78 Å². The van der Waals surface area contributed by atoms with Gasteiger partial charge in [0, 0.05) is 12.5 Å². The molecule has 0 bridgehead atoms. The minimum Gasteiger partial charge on any atom is -0.328 e. The van der Waals surface area contributed by atoms with Crippen molar-refractivity contribution in [2.75, 3.05) is 19.6 Å². The molecule has 0 radical (unpaired) electrons. The van der Waals surface area contributed by atoms with Gasteiger partial charge in [-0.2, -0.15) is 0 Å². The number of halogens is 4. The number of piperidine rings is 1. The van der Waals surface area contributed by atoms with Crippen molar-refractivity contribution >= 4 is 24.8 Å². The van der Waals surface area contributed by atoms with Crippen molar-refractivity contribution in [2.45, 2.75) is 56.9 Å². The van der Waals surface area contributed by atoms with Crippen molar-refractivity contribution in [1.82, 2.24) is 4.90 Å². The summed E-state index contributed by atoms with van der Waals surface area (Å²) in [6, 6.07) is 0.380. The van der Waals surface area contributed by atoms with Gasteiger partial charge in [-0.3, -0.25) is 4.90 Å². The van der Waals surface area contributed by atoms with Crippen LogP contribution in [0.5, 0.6) is 0 Å². The smallest absolute Gasteiger partial charge is 0.260 e. The highest BCUT2D eigenvalue weighted by Gasteiger charge is 2.35. The molecule has 1 aliphatic heterocycles. The van der Waals surface area contributed by atoms with Gasteiger partial charge in [-0.1, -0.05) is 0 Å². The van der Waals surface area contributed by atoms with Crippen LogP contribution in [0.2, 0.25) is 0 Å². The average molecular weight is 319 g/mol. The van der Waals surface area contributed by atoms with E-state index in [1.165, 1.54) is 12.8 Å². The Labute approximate surface area is 127 Å². The summed E-state index contributed by atoms with van der Waals surface area (Å²) in [5.41, 5.74) is 5.86. The normalized spacial score (nSPS) is 31.1. The Morgan fingerprint density at radius 1 is 1.11 bits per heavy atom. The summed E-state index contributed by atoms with van der Waals surface area (Å²) in [6.07, 6.45) is 6.38. The number of nitrogens with zero attached hydrogens (tertiary/aromatic N) is 1. The van der Waals surface area contributed by atoms with Gasteiger partial charge in [-0.15, -0.1) is 24.8 Å². The minimum absolute atomic E-state index is 0. The van der Waals surface area contributed by atoms with E-state index in [0.717, 1.165) is 32.4 Å². The summed E-state index contributed by atoms with van der Waals surface area (Å²) in [4.78, 5) is 1.94. The van der Waals surface area contributed by atoms with Gasteiger partial charge in [-0.05, 0) is 57.5 Å². The highest BCUT2D eigenvalue weighted by molar-refractivity contribution is 5.85. The quantitative estimate of drug-likeness (QED) is 0.863. The third-order valence-corrected chi connectivity index (χ3v) is 4.22. The van der Waals surface area contributed by atoms with E-state index < -0.39 is 5.92 Å². The minimum atomic E-state index is -2.45. The number of hydrogen-bond acceptors (Lipinski definition) is 2. The molecule has 6 heteroatoms. The monoisotopic (exact) mass is 318 g/mol. The van der Waals surface area contributed by atoms with Gasteiger partial charge in [0.1, 0.15) is 0 Å². The predicted molar refractivity (Wildman–Crippen MR) is 79.7 cm³/mol. The number of rotatable bonds is 3. The molecule has 1 heterocycles. The molecule has 2 rings (SSSR count). The van der Waals surface area contributed by atoms with Gasteiger partial charge in [0.2, 0.25) is 0 Å². The fourth-order valence-electron chi connectivity index (χ4n) is 3.08. The first-order valence-electron chi connectivity index (χ1n) is 6.91. The lowest BCUT2D eigenvalue weighted by Gasteiger charge is -2.34. The van der Waals surface area contributed by atoms with Gasteiger partial charge in [0.15, 0.2) is 0 Å². The Kier molecular flexibility index (Phi) is 8.77. The summed E-state index contributed by atoms with van der Waals surface area (Å²) >= 11 is 0. The first-order chi connectivity index (χ1) is 8.05. The van der Waals surface area contributed by atoms with Gasteiger partial charge >= 0.3 is 0 Å². The van der Waals surface area contributed by atoms with Crippen LogP contribution < -0.4 is 5.73 Å². The van der Waals surface area contributed by atoms with Crippen LogP contribution in [-0.4, -0.2) is 36.5 Å². The number of nitrogens with two attached hydrogens (primary N) is 1. The summed E-state index contributed by atoms with van der Waals surface area (Å²) in [5, 5.41) is 0. The molecule has 2 nitrogen and oxygen atoms in total. The summed E-state index contributed by atoms with van der Waals surface area (Å²) in [5.74, 6) is -1.74. The molecule has 2 aliphatic rings.